The molecule has 1 spiro atoms. The van der Waals surface area contributed by atoms with Crippen LogP contribution in [0.4, 0.5) is 4.79 Å². The van der Waals surface area contributed by atoms with Crippen LogP contribution in [-0.2, 0) is 14.2 Å². The van der Waals surface area contributed by atoms with E-state index in [1.807, 2.05) is 4.90 Å². The Hall–Kier alpha value is -1.15. The smallest absolute Gasteiger partial charge is 0.410 e. The van der Waals surface area contributed by atoms with E-state index in [4.69, 9.17) is 14.2 Å². The highest BCUT2D eigenvalue weighted by molar-refractivity contribution is 5.68. The summed E-state index contributed by atoms with van der Waals surface area (Å²) in [4.78, 5) is 16.9. The molecular weight excluding hydrogens is 408 g/mol. The van der Waals surface area contributed by atoms with E-state index in [2.05, 4.69) is 31.7 Å². The first-order chi connectivity index (χ1) is 15.3. The van der Waals surface area contributed by atoms with E-state index < -0.39 is 0 Å². The summed E-state index contributed by atoms with van der Waals surface area (Å²) in [6, 6.07) is 0. The fraction of sp³-hybridized carbons (Fsp3) is 0.880. The van der Waals surface area contributed by atoms with Gasteiger partial charge in [-0.1, -0.05) is 11.6 Å². The number of epoxide rings is 2. The van der Waals surface area contributed by atoms with Crippen LogP contribution >= 0.6 is 0 Å². The van der Waals surface area contributed by atoms with E-state index in [1.165, 1.54) is 5.57 Å². The Morgan fingerprint density at radius 1 is 1.25 bits per heavy atom. The molecule has 5 aliphatic rings. The van der Waals surface area contributed by atoms with Crippen molar-refractivity contribution in [3.8, 4) is 0 Å². The van der Waals surface area contributed by atoms with Gasteiger partial charge in [-0.3, -0.25) is 0 Å². The van der Waals surface area contributed by atoms with Gasteiger partial charge in [-0.05, 0) is 71.8 Å². The molecule has 1 saturated carbocycles. The van der Waals surface area contributed by atoms with Gasteiger partial charge in [0.2, 0.25) is 0 Å². The molecule has 4 saturated heterocycles. The van der Waals surface area contributed by atoms with Crippen LogP contribution < -0.4 is 0 Å². The molecule has 3 unspecified atom stereocenters. The molecule has 0 radical (unpaired) electrons. The third-order valence-electron chi connectivity index (χ3n) is 8.53. The van der Waals surface area contributed by atoms with E-state index in [-0.39, 0.29) is 41.5 Å². The van der Waals surface area contributed by atoms with Crippen molar-refractivity contribution in [3.63, 3.8) is 0 Å². The molecule has 5 fully saturated rings. The topological polar surface area (TPSA) is 78.1 Å². The molecular formula is C25H40N2O5. The van der Waals surface area contributed by atoms with Gasteiger partial charge < -0.3 is 29.1 Å². The number of aliphatic hydroxyl groups excluding tert-OH is 1. The molecule has 5 rings (SSSR count). The predicted molar refractivity (Wildman–Crippen MR) is 120 cm³/mol. The summed E-state index contributed by atoms with van der Waals surface area (Å²) in [6.07, 6.45) is 7.72. The van der Waals surface area contributed by atoms with E-state index in [0.717, 1.165) is 77.9 Å². The van der Waals surface area contributed by atoms with Gasteiger partial charge in [0.1, 0.15) is 6.10 Å². The lowest BCUT2D eigenvalue weighted by molar-refractivity contribution is -0.0231. The Morgan fingerprint density at radius 3 is 2.69 bits per heavy atom. The Kier molecular flexibility index (Phi) is 6.06. The first-order valence-electron chi connectivity index (χ1n) is 12.6. The first-order valence-corrected chi connectivity index (χ1v) is 12.6. The Bertz CT molecular complexity index is 743. The number of hydrogen-bond donors (Lipinski definition) is 1. The summed E-state index contributed by atoms with van der Waals surface area (Å²) in [5, 5.41) is 9.65. The van der Waals surface area contributed by atoms with Crippen molar-refractivity contribution in [1.82, 2.24) is 9.80 Å². The van der Waals surface area contributed by atoms with Crippen molar-refractivity contribution in [3.05, 3.63) is 11.6 Å². The predicted octanol–water partition coefficient (Wildman–Crippen LogP) is 2.96. The third kappa shape index (κ3) is 4.59. The highest BCUT2D eigenvalue weighted by Gasteiger charge is 2.68. The lowest BCUT2D eigenvalue weighted by Gasteiger charge is -2.41. The van der Waals surface area contributed by atoms with E-state index >= 15 is 0 Å². The second kappa shape index (κ2) is 8.57. The summed E-state index contributed by atoms with van der Waals surface area (Å²) < 4.78 is 18.1. The third-order valence-corrected chi connectivity index (χ3v) is 8.53. The minimum Gasteiger partial charge on any atom is -0.446 e. The SMILES string of the molecule is CC(C)=CC[C@H]1O[C@]1(C)C1CC(OC(=O)N2CC(CCN3CC[C@H](O)C3)C2)CCC12CO2. The standard InChI is InChI=1S/C25H40N2O5/c1-17(2)4-5-22-24(3,32-22)21-12-20(6-9-25(21)16-30-25)31-23(29)27-13-18(14-27)7-10-26-11-8-19(28)15-26/h4,18-22,28H,5-16H2,1-3H3/t19-,20?,21?,22+,24+,25?/m0/s1. The van der Waals surface area contributed by atoms with Gasteiger partial charge in [-0.25, -0.2) is 4.79 Å². The van der Waals surface area contributed by atoms with Gasteiger partial charge in [-0.2, -0.15) is 0 Å². The normalized spacial score (nSPS) is 41.4. The number of hydrogen-bond acceptors (Lipinski definition) is 6. The fourth-order valence-electron chi connectivity index (χ4n) is 6.18. The average Bonchev–Trinajstić information content (AvgIpc) is 3.58. The number of likely N-dealkylation sites (tertiary alicyclic amines) is 2. The van der Waals surface area contributed by atoms with Crippen molar-refractivity contribution in [2.24, 2.45) is 11.8 Å². The second-order valence-corrected chi connectivity index (χ2v) is 11.3. The maximum Gasteiger partial charge on any atom is 0.410 e. The van der Waals surface area contributed by atoms with E-state index in [1.54, 1.807) is 0 Å². The van der Waals surface area contributed by atoms with Crippen LogP contribution in [0.15, 0.2) is 11.6 Å². The van der Waals surface area contributed by atoms with Crippen LogP contribution in [-0.4, -0.2) is 89.8 Å². The van der Waals surface area contributed by atoms with Crippen molar-refractivity contribution < 1.29 is 24.1 Å². The van der Waals surface area contributed by atoms with Crippen LogP contribution in [0.1, 0.15) is 59.3 Å². The van der Waals surface area contributed by atoms with Crippen LogP contribution in [0.2, 0.25) is 0 Å². The molecule has 1 amide bonds. The molecule has 32 heavy (non-hydrogen) atoms. The molecule has 1 N–H and O–H groups in total. The van der Waals surface area contributed by atoms with Crippen LogP contribution in [0.5, 0.6) is 0 Å². The number of amides is 1. The summed E-state index contributed by atoms with van der Waals surface area (Å²) in [6.45, 7) is 11.7. The van der Waals surface area contributed by atoms with Crippen molar-refractivity contribution in [2.45, 2.75) is 88.8 Å². The molecule has 0 aromatic carbocycles. The van der Waals surface area contributed by atoms with Crippen molar-refractivity contribution in [2.75, 3.05) is 39.3 Å². The van der Waals surface area contributed by atoms with Crippen LogP contribution in [0, 0.1) is 11.8 Å². The summed E-state index contributed by atoms with van der Waals surface area (Å²) >= 11 is 0. The minimum absolute atomic E-state index is 0.0439. The Labute approximate surface area is 192 Å². The zero-order valence-corrected chi connectivity index (χ0v) is 19.9. The molecule has 4 heterocycles. The quantitative estimate of drug-likeness (QED) is 0.477. The summed E-state index contributed by atoms with van der Waals surface area (Å²) in [7, 11) is 0. The average molecular weight is 449 g/mol. The van der Waals surface area contributed by atoms with Crippen molar-refractivity contribution >= 4 is 6.09 Å². The maximum absolute atomic E-state index is 12.7. The van der Waals surface area contributed by atoms with E-state index in [0.29, 0.717) is 5.92 Å². The molecule has 0 bridgehead atoms. The molecule has 180 valence electrons. The van der Waals surface area contributed by atoms with Gasteiger partial charge in [-0.15, -0.1) is 0 Å². The fourth-order valence-corrected chi connectivity index (χ4v) is 6.18. The molecule has 1 aliphatic carbocycles. The monoisotopic (exact) mass is 448 g/mol. The molecule has 7 heteroatoms. The number of β-amino-alcohol motifs (C(OH)–C–C–N with tert-alkyl or cyclic N) is 1. The number of ether oxygens (including phenoxy) is 3. The van der Waals surface area contributed by atoms with E-state index in [9.17, 15) is 9.90 Å². The second-order valence-electron chi connectivity index (χ2n) is 11.3. The highest BCUT2D eigenvalue weighted by atomic mass is 16.6. The van der Waals surface area contributed by atoms with Gasteiger partial charge in [0.15, 0.2) is 0 Å². The Morgan fingerprint density at radius 2 is 2.03 bits per heavy atom. The molecule has 0 aromatic rings. The van der Waals surface area contributed by atoms with Crippen LogP contribution in [0.3, 0.4) is 0 Å². The van der Waals surface area contributed by atoms with Crippen molar-refractivity contribution in [1.29, 1.82) is 0 Å². The van der Waals surface area contributed by atoms with Gasteiger partial charge in [0.25, 0.3) is 0 Å². The number of rotatable bonds is 7. The number of aliphatic hydroxyl groups is 1. The lowest BCUT2D eigenvalue weighted by atomic mass is 9.70. The number of allylic oxidation sites excluding steroid dienone is 1. The maximum atomic E-state index is 12.7. The number of carbonyl (C=O) groups is 1. The summed E-state index contributed by atoms with van der Waals surface area (Å²) in [5.41, 5.74) is 1.10. The summed E-state index contributed by atoms with van der Waals surface area (Å²) in [5.74, 6) is 0.842. The molecule has 0 aromatic heterocycles. The number of nitrogens with zero attached hydrogens (tertiary/aromatic N) is 2. The highest BCUT2D eigenvalue weighted by Crippen LogP contribution is 2.59. The van der Waals surface area contributed by atoms with Gasteiger partial charge in [0.05, 0.1) is 30.0 Å². The number of carbonyl (C=O) groups excluding carboxylic acids is 1. The largest absolute Gasteiger partial charge is 0.446 e. The first kappa shape index (κ1) is 22.6. The zero-order chi connectivity index (χ0) is 22.5. The molecule has 6 atom stereocenters. The lowest BCUT2D eigenvalue weighted by Crippen LogP contribution is -2.52. The zero-order valence-electron chi connectivity index (χ0n) is 19.9. The molecule has 4 aliphatic heterocycles. The van der Waals surface area contributed by atoms with Gasteiger partial charge in [0, 0.05) is 32.1 Å². The molecule has 7 nitrogen and oxygen atoms in total. The Balaban J connectivity index is 1.07. The van der Waals surface area contributed by atoms with Gasteiger partial charge >= 0.3 is 6.09 Å². The van der Waals surface area contributed by atoms with Crippen LogP contribution in [0.25, 0.3) is 0 Å². The minimum atomic E-state index is -0.168.